The van der Waals surface area contributed by atoms with E-state index in [4.69, 9.17) is 0 Å². The highest BCUT2D eigenvalue weighted by molar-refractivity contribution is 6.83. The van der Waals surface area contributed by atoms with Crippen LogP contribution in [0.2, 0.25) is 19.6 Å². The Hall–Kier alpha value is -2.53. The minimum atomic E-state index is -1.68. The Labute approximate surface area is 174 Å². The summed E-state index contributed by atoms with van der Waals surface area (Å²) in [5, 5.41) is 12.5. The predicted octanol–water partition coefficient (Wildman–Crippen LogP) is 6.95. The summed E-state index contributed by atoms with van der Waals surface area (Å²) in [4.78, 5) is 23.8. The normalized spacial score (nSPS) is 13.2. The van der Waals surface area contributed by atoms with Crippen LogP contribution < -0.4 is 0 Å². The standard InChI is InChI=1S/C24H31NO3Si/c1-5-6-8-16-24(29(2,3)4)22(19-12-9-7-10-13-19)18-23(26)20-14-11-15-21(17-20)25(27)28/h7,9-17,22H,5-6,8,18H2,1-4H3/b24-16-. The van der Waals surface area contributed by atoms with Crippen LogP contribution in [0.15, 0.2) is 65.9 Å². The number of hydrogen-bond donors (Lipinski definition) is 0. The monoisotopic (exact) mass is 409 g/mol. The molecule has 0 heterocycles. The van der Waals surface area contributed by atoms with Crippen LogP contribution in [0, 0.1) is 10.1 Å². The molecule has 0 aliphatic carbocycles. The van der Waals surface area contributed by atoms with Crippen molar-refractivity contribution in [1.82, 2.24) is 0 Å². The van der Waals surface area contributed by atoms with Crippen molar-refractivity contribution in [2.45, 2.75) is 58.2 Å². The first-order valence-electron chi connectivity index (χ1n) is 10.3. The Kier molecular flexibility index (Phi) is 8.08. The zero-order valence-corrected chi connectivity index (χ0v) is 18.9. The molecule has 0 amide bonds. The lowest BCUT2D eigenvalue weighted by Crippen LogP contribution is -2.29. The van der Waals surface area contributed by atoms with Crippen molar-refractivity contribution in [3.63, 3.8) is 0 Å². The first-order valence-corrected chi connectivity index (χ1v) is 13.8. The number of allylic oxidation sites excluding steroid dienone is 2. The second kappa shape index (κ2) is 10.3. The minimum absolute atomic E-state index is 0.00600. The van der Waals surface area contributed by atoms with Gasteiger partial charge < -0.3 is 0 Å². The smallest absolute Gasteiger partial charge is 0.270 e. The highest BCUT2D eigenvalue weighted by Crippen LogP contribution is 2.36. The van der Waals surface area contributed by atoms with Crippen molar-refractivity contribution in [2.24, 2.45) is 0 Å². The molecule has 0 saturated heterocycles. The van der Waals surface area contributed by atoms with Gasteiger partial charge in [0.2, 0.25) is 0 Å². The first-order chi connectivity index (χ1) is 13.7. The lowest BCUT2D eigenvalue weighted by molar-refractivity contribution is -0.384. The van der Waals surface area contributed by atoms with Crippen LogP contribution in [0.5, 0.6) is 0 Å². The minimum Gasteiger partial charge on any atom is -0.294 e. The summed E-state index contributed by atoms with van der Waals surface area (Å²) in [6, 6.07) is 16.2. The van der Waals surface area contributed by atoms with Crippen molar-refractivity contribution in [3.8, 4) is 0 Å². The van der Waals surface area contributed by atoms with Gasteiger partial charge in [0.25, 0.3) is 5.69 Å². The third kappa shape index (κ3) is 6.50. The molecule has 0 saturated carbocycles. The zero-order valence-electron chi connectivity index (χ0n) is 17.9. The number of carbonyl (C=O) groups excluding carboxylic acids is 1. The Balaban J connectivity index is 2.43. The van der Waals surface area contributed by atoms with Crippen LogP contribution >= 0.6 is 0 Å². The molecule has 0 aliphatic rings. The van der Waals surface area contributed by atoms with Gasteiger partial charge in [0, 0.05) is 30.0 Å². The zero-order chi connectivity index (χ0) is 21.4. The van der Waals surface area contributed by atoms with Gasteiger partial charge in [0.1, 0.15) is 0 Å². The molecule has 1 unspecified atom stereocenters. The van der Waals surface area contributed by atoms with Crippen LogP contribution in [-0.2, 0) is 0 Å². The first kappa shape index (κ1) is 22.8. The van der Waals surface area contributed by atoms with Gasteiger partial charge >= 0.3 is 0 Å². The molecular formula is C24H31NO3Si. The second-order valence-corrected chi connectivity index (χ2v) is 13.5. The maximum absolute atomic E-state index is 13.1. The van der Waals surface area contributed by atoms with Gasteiger partial charge in [-0.1, -0.05) is 93.1 Å². The van der Waals surface area contributed by atoms with E-state index in [0.29, 0.717) is 12.0 Å². The molecule has 0 N–H and O–H groups in total. The topological polar surface area (TPSA) is 60.2 Å². The number of nitrogens with zero attached hydrogens (tertiary/aromatic N) is 1. The highest BCUT2D eigenvalue weighted by atomic mass is 28.3. The molecule has 2 aromatic carbocycles. The summed E-state index contributed by atoms with van der Waals surface area (Å²) in [5.41, 5.74) is 1.50. The largest absolute Gasteiger partial charge is 0.294 e. The molecule has 29 heavy (non-hydrogen) atoms. The Bertz CT molecular complexity index is 869. The molecule has 5 heteroatoms. The molecule has 0 fully saturated rings. The number of carbonyl (C=O) groups is 1. The third-order valence-electron chi connectivity index (χ3n) is 5.13. The fourth-order valence-corrected chi connectivity index (χ4v) is 5.69. The van der Waals surface area contributed by atoms with Crippen LogP contribution in [-0.4, -0.2) is 18.8 Å². The lowest BCUT2D eigenvalue weighted by atomic mass is 9.90. The summed E-state index contributed by atoms with van der Waals surface area (Å²) >= 11 is 0. The van der Waals surface area contributed by atoms with E-state index < -0.39 is 13.0 Å². The molecular weight excluding hydrogens is 378 g/mol. The van der Waals surface area contributed by atoms with Crippen molar-refractivity contribution in [2.75, 3.05) is 0 Å². The van der Waals surface area contributed by atoms with E-state index in [2.05, 4.69) is 44.8 Å². The van der Waals surface area contributed by atoms with Gasteiger partial charge in [-0.05, 0) is 12.0 Å². The van der Waals surface area contributed by atoms with E-state index in [1.807, 2.05) is 18.2 Å². The molecule has 1 atom stereocenters. The van der Waals surface area contributed by atoms with Crippen LogP contribution in [0.1, 0.15) is 54.4 Å². The number of nitro benzene ring substituents is 1. The Morgan fingerprint density at radius 2 is 1.79 bits per heavy atom. The number of ketones is 1. The number of non-ortho nitro benzene ring substituents is 1. The van der Waals surface area contributed by atoms with Gasteiger partial charge in [-0.15, -0.1) is 0 Å². The Morgan fingerprint density at radius 3 is 2.38 bits per heavy atom. The van der Waals surface area contributed by atoms with E-state index >= 15 is 0 Å². The van der Waals surface area contributed by atoms with Crippen LogP contribution in [0.25, 0.3) is 0 Å². The van der Waals surface area contributed by atoms with E-state index in [1.165, 1.54) is 17.3 Å². The SMILES string of the molecule is CCCC/C=C(/C(CC(=O)c1cccc([N+](=O)[O-])c1)c1ccccc1)[Si](C)(C)C. The van der Waals surface area contributed by atoms with E-state index in [1.54, 1.807) is 12.1 Å². The number of hydrogen-bond acceptors (Lipinski definition) is 3. The van der Waals surface area contributed by atoms with E-state index in [-0.39, 0.29) is 17.4 Å². The highest BCUT2D eigenvalue weighted by Gasteiger charge is 2.30. The summed E-state index contributed by atoms with van der Waals surface area (Å²) in [6.45, 7) is 9.14. The van der Waals surface area contributed by atoms with Gasteiger partial charge in [0.05, 0.1) is 13.0 Å². The average molecular weight is 410 g/mol. The molecule has 0 radical (unpaired) electrons. The number of nitro groups is 1. The fourth-order valence-electron chi connectivity index (χ4n) is 3.62. The van der Waals surface area contributed by atoms with E-state index in [9.17, 15) is 14.9 Å². The molecule has 0 bridgehead atoms. The van der Waals surface area contributed by atoms with Crippen molar-refractivity contribution < 1.29 is 9.72 Å². The molecule has 2 aromatic rings. The van der Waals surface area contributed by atoms with Crippen molar-refractivity contribution >= 4 is 19.5 Å². The molecule has 0 aromatic heterocycles. The quantitative estimate of drug-likeness (QED) is 0.140. The van der Waals surface area contributed by atoms with Gasteiger partial charge in [-0.2, -0.15) is 0 Å². The molecule has 154 valence electrons. The average Bonchev–Trinajstić information content (AvgIpc) is 2.69. The second-order valence-electron chi connectivity index (χ2n) is 8.45. The van der Waals surface area contributed by atoms with Gasteiger partial charge in [-0.25, -0.2) is 0 Å². The molecule has 0 aliphatic heterocycles. The van der Waals surface area contributed by atoms with Crippen molar-refractivity contribution in [1.29, 1.82) is 0 Å². The maximum atomic E-state index is 13.1. The van der Waals surface area contributed by atoms with Gasteiger partial charge in [0.15, 0.2) is 5.78 Å². The maximum Gasteiger partial charge on any atom is 0.270 e. The number of unbranched alkanes of at least 4 members (excludes halogenated alkanes) is 2. The summed E-state index contributed by atoms with van der Waals surface area (Å²) in [7, 11) is -1.68. The Morgan fingerprint density at radius 1 is 1.10 bits per heavy atom. The molecule has 4 nitrogen and oxygen atoms in total. The van der Waals surface area contributed by atoms with Crippen molar-refractivity contribution in [3.05, 3.63) is 87.1 Å². The van der Waals surface area contributed by atoms with Crippen LogP contribution in [0.4, 0.5) is 5.69 Å². The number of rotatable bonds is 10. The van der Waals surface area contributed by atoms with E-state index in [0.717, 1.165) is 24.8 Å². The number of Topliss-reactive ketones (excluding diaryl/α,β-unsaturated/α-hetero) is 1. The lowest BCUT2D eigenvalue weighted by Gasteiger charge is -2.30. The summed E-state index contributed by atoms with van der Waals surface area (Å²) in [6.07, 6.45) is 5.97. The fraction of sp³-hybridized carbons (Fsp3) is 0.375. The summed E-state index contributed by atoms with van der Waals surface area (Å²) in [5.74, 6) is -0.0475. The number of benzene rings is 2. The molecule has 2 rings (SSSR count). The summed E-state index contributed by atoms with van der Waals surface area (Å²) < 4.78 is 0. The predicted molar refractivity (Wildman–Crippen MR) is 122 cm³/mol. The van der Waals surface area contributed by atoms with Crippen LogP contribution in [0.3, 0.4) is 0 Å². The van der Waals surface area contributed by atoms with Gasteiger partial charge in [-0.3, -0.25) is 14.9 Å². The molecule has 0 spiro atoms. The third-order valence-corrected chi connectivity index (χ3v) is 7.42.